The highest BCUT2D eigenvalue weighted by Gasteiger charge is 2.34. The minimum atomic E-state index is -4.62. The molecule has 182 valence electrons. The Morgan fingerprint density at radius 1 is 1.00 bits per heavy atom. The molecule has 3 aromatic heterocycles. The molecule has 0 aliphatic carbocycles. The quantitative estimate of drug-likeness (QED) is 0.359. The molecule has 13 heteroatoms. The second-order valence-electron chi connectivity index (χ2n) is 7.26. The van der Waals surface area contributed by atoms with Crippen molar-refractivity contribution < 1.29 is 30.7 Å². The first kappa shape index (κ1) is 24.4. The van der Waals surface area contributed by atoms with Gasteiger partial charge in [0.05, 0.1) is 21.5 Å². The summed E-state index contributed by atoms with van der Waals surface area (Å²) in [5.41, 5.74) is -0.770. The van der Waals surface area contributed by atoms with Crippen molar-refractivity contribution in [3.63, 3.8) is 0 Å². The largest absolute Gasteiger partial charge is 0.418 e. The summed E-state index contributed by atoms with van der Waals surface area (Å²) in [6.45, 7) is 0.00158. The van der Waals surface area contributed by atoms with E-state index in [0.717, 1.165) is 6.07 Å². The lowest BCUT2D eigenvalue weighted by molar-refractivity contribution is -0.137. The summed E-state index contributed by atoms with van der Waals surface area (Å²) < 4.78 is 81.6. The highest BCUT2D eigenvalue weighted by Crippen LogP contribution is 2.36. The van der Waals surface area contributed by atoms with Gasteiger partial charge in [0.15, 0.2) is 17.5 Å². The number of benzene rings is 1. The maximum absolute atomic E-state index is 13.5. The zero-order chi connectivity index (χ0) is 25.2. The molecule has 0 aliphatic rings. The Bertz CT molecular complexity index is 1480. The van der Waals surface area contributed by atoms with Crippen molar-refractivity contribution in [2.75, 3.05) is 18.4 Å². The lowest BCUT2D eigenvalue weighted by Crippen LogP contribution is -2.09. The summed E-state index contributed by atoms with van der Waals surface area (Å²) in [5.74, 6) is 0.472. The third-order valence-corrected chi connectivity index (χ3v) is 6.13. The Morgan fingerprint density at radius 2 is 1.74 bits per heavy atom. The zero-order valence-corrected chi connectivity index (χ0v) is 18.9. The number of anilines is 2. The van der Waals surface area contributed by atoms with E-state index in [4.69, 9.17) is 4.74 Å². The van der Waals surface area contributed by atoms with Crippen LogP contribution in [0.2, 0.25) is 0 Å². The summed E-state index contributed by atoms with van der Waals surface area (Å²) in [6.07, 6.45) is -3.38. The minimum absolute atomic E-state index is 0.00158. The molecule has 4 aromatic rings. The van der Waals surface area contributed by atoms with Crippen LogP contribution in [-0.4, -0.2) is 41.5 Å². The molecule has 0 amide bonds. The normalized spacial score (nSPS) is 12.1. The molecule has 1 N–H and O–H groups in total. The van der Waals surface area contributed by atoms with Gasteiger partial charge < -0.3 is 10.1 Å². The number of halogens is 4. The van der Waals surface area contributed by atoms with Crippen LogP contribution in [0.4, 0.5) is 29.1 Å². The Labute approximate surface area is 197 Å². The van der Waals surface area contributed by atoms with Gasteiger partial charge in [-0.25, -0.2) is 27.8 Å². The van der Waals surface area contributed by atoms with Gasteiger partial charge in [-0.2, -0.15) is 13.2 Å². The van der Waals surface area contributed by atoms with Crippen molar-refractivity contribution in [1.29, 1.82) is 0 Å². The number of nitrogens with one attached hydrogen (secondary N) is 1. The average molecular weight is 507 g/mol. The maximum Gasteiger partial charge on any atom is 0.418 e. The Balaban J connectivity index is 1.78. The Hall–Kier alpha value is -3.71. The average Bonchev–Trinajstić information content (AvgIpc) is 2.84. The van der Waals surface area contributed by atoms with Crippen molar-refractivity contribution in [2.45, 2.75) is 17.7 Å². The van der Waals surface area contributed by atoms with Crippen LogP contribution in [0.25, 0.3) is 22.4 Å². The number of fused-ring (bicyclic) bond motifs is 1. The Morgan fingerprint density at radius 3 is 2.40 bits per heavy atom. The summed E-state index contributed by atoms with van der Waals surface area (Å²) in [6, 6.07) is 8.82. The molecule has 8 nitrogen and oxygen atoms in total. The van der Waals surface area contributed by atoms with Crippen LogP contribution in [0.3, 0.4) is 0 Å². The molecule has 0 unspecified atom stereocenters. The minimum Gasteiger partial charge on any atom is -0.377 e. The van der Waals surface area contributed by atoms with Gasteiger partial charge in [0, 0.05) is 19.0 Å². The molecular weight excluding hydrogens is 490 g/mol. The monoisotopic (exact) mass is 507 g/mol. The first-order valence-corrected chi connectivity index (χ1v) is 11.6. The summed E-state index contributed by atoms with van der Waals surface area (Å²) in [7, 11) is -2.59. The van der Waals surface area contributed by atoms with Crippen LogP contribution in [0.15, 0.2) is 59.6 Å². The van der Waals surface area contributed by atoms with E-state index in [2.05, 4.69) is 25.3 Å². The third kappa shape index (κ3) is 5.20. The van der Waals surface area contributed by atoms with Gasteiger partial charge in [0.2, 0.25) is 9.84 Å². The van der Waals surface area contributed by atoms with Gasteiger partial charge in [0.1, 0.15) is 18.1 Å². The van der Waals surface area contributed by atoms with E-state index in [9.17, 15) is 26.0 Å². The second-order valence-corrected chi connectivity index (χ2v) is 9.18. The highest BCUT2D eigenvalue weighted by atomic mass is 32.2. The number of methoxy groups -OCH3 is 1. The van der Waals surface area contributed by atoms with Crippen LogP contribution >= 0.6 is 0 Å². The molecule has 0 radical (unpaired) electrons. The van der Waals surface area contributed by atoms with E-state index in [1.807, 2.05) is 0 Å². The van der Waals surface area contributed by atoms with Crippen LogP contribution in [0.1, 0.15) is 11.4 Å². The van der Waals surface area contributed by atoms with Gasteiger partial charge in [-0.05, 0) is 48.5 Å². The SMILES string of the molecule is COCc1nc(Nc2ccc(S(=O)(=O)CF)cc2)c2ccc(-c3ncccc3C(F)(F)F)nc2n1. The summed E-state index contributed by atoms with van der Waals surface area (Å²) in [5, 5.41) is 3.39. The smallest absolute Gasteiger partial charge is 0.377 e. The summed E-state index contributed by atoms with van der Waals surface area (Å²) >= 11 is 0. The zero-order valence-electron chi connectivity index (χ0n) is 18.0. The molecule has 1 aromatic carbocycles. The topological polar surface area (TPSA) is 107 Å². The predicted octanol–water partition coefficient (Wildman–Crippen LogP) is 4.70. The van der Waals surface area contributed by atoms with Crippen molar-refractivity contribution in [3.8, 4) is 11.4 Å². The van der Waals surface area contributed by atoms with E-state index in [1.165, 1.54) is 55.8 Å². The second kappa shape index (κ2) is 9.50. The molecule has 0 bridgehead atoms. The van der Waals surface area contributed by atoms with Crippen molar-refractivity contribution in [2.24, 2.45) is 0 Å². The third-order valence-electron chi connectivity index (χ3n) is 4.86. The van der Waals surface area contributed by atoms with Gasteiger partial charge in [-0.1, -0.05) is 0 Å². The molecule has 4 rings (SSSR count). The van der Waals surface area contributed by atoms with E-state index in [0.29, 0.717) is 11.1 Å². The molecule has 0 saturated heterocycles. The summed E-state index contributed by atoms with van der Waals surface area (Å²) in [4.78, 5) is 16.6. The number of ether oxygens (including phenoxy) is 1. The number of hydrogen-bond donors (Lipinski definition) is 1. The van der Waals surface area contributed by atoms with Gasteiger partial charge >= 0.3 is 6.18 Å². The standard InChI is InChI=1S/C22H17F4N5O3S/c1-34-11-18-30-20(28-13-4-6-14(7-5-13)35(32,33)12-23)15-8-9-17(29-21(15)31-18)19-16(22(24,25)26)3-2-10-27-19/h2-10H,11-12H2,1H3,(H,28,29,30,31). The molecular formula is C22H17F4N5O3S. The fourth-order valence-electron chi connectivity index (χ4n) is 3.26. The number of nitrogens with zero attached hydrogens (tertiary/aromatic N) is 4. The lowest BCUT2D eigenvalue weighted by Gasteiger charge is -2.13. The van der Waals surface area contributed by atoms with Gasteiger partial charge in [-0.3, -0.25) is 4.98 Å². The van der Waals surface area contributed by atoms with Gasteiger partial charge in [0.25, 0.3) is 0 Å². The first-order chi connectivity index (χ1) is 16.6. The van der Waals surface area contributed by atoms with Crippen molar-refractivity contribution in [3.05, 3.63) is 66.1 Å². The number of aromatic nitrogens is 4. The number of alkyl halides is 4. The Kier molecular flexibility index (Phi) is 6.63. The van der Waals surface area contributed by atoms with E-state index in [1.54, 1.807) is 0 Å². The first-order valence-electron chi connectivity index (χ1n) is 9.97. The molecule has 0 fully saturated rings. The van der Waals surface area contributed by atoms with Crippen LogP contribution in [-0.2, 0) is 27.4 Å². The maximum atomic E-state index is 13.5. The number of rotatable bonds is 7. The predicted molar refractivity (Wildman–Crippen MR) is 119 cm³/mol. The van der Waals surface area contributed by atoms with Crippen molar-refractivity contribution >= 4 is 32.4 Å². The highest BCUT2D eigenvalue weighted by molar-refractivity contribution is 7.91. The molecule has 35 heavy (non-hydrogen) atoms. The van der Waals surface area contributed by atoms with Crippen LogP contribution in [0, 0.1) is 0 Å². The lowest BCUT2D eigenvalue weighted by atomic mass is 10.1. The van der Waals surface area contributed by atoms with Crippen molar-refractivity contribution in [1.82, 2.24) is 19.9 Å². The van der Waals surface area contributed by atoms with E-state index < -0.39 is 27.6 Å². The van der Waals surface area contributed by atoms with Crippen LogP contribution in [0.5, 0.6) is 0 Å². The fourth-order valence-corrected chi connectivity index (χ4v) is 3.94. The molecule has 3 heterocycles. The van der Waals surface area contributed by atoms with Crippen LogP contribution < -0.4 is 5.32 Å². The molecule has 0 atom stereocenters. The van der Waals surface area contributed by atoms with E-state index >= 15 is 0 Å². The molecule has 0 aliphatic heterocycles. The molecule has 0 saturated carbocycles. The molecule has 0 spiro atoms. The number of hydrogen-bond acceptors (Lipinski definition) is 8. The number of sulfone groups is 1. The van der Waals surface area contributed by atoms with Gasteiger partial charge in [-0.15, -0.1) is 0 Å². The fraction of sp³-hybridized carbons (Fsp3) is 0.182. The van der Waals surface area contributed by atoms with E-state index in [-0.39, 0.29) is 40.2 Å². The number of pyridine rings is 2.